The number of rotatable bonds is 4. The van der Waals surface area contributed by atoms with E-state index in [1.807, 2.05) is 0 Å². The first-order valence-corrected chi connectivity index (χ1v) is 6.67. The Labute approximate surface area is 122 Å². The van der Waals surface area contributed by atoms with Gasteiger partial charge in [-0.3, -0.25) is 4.79 Å². The molecule has 1 atom stereocenters. The predicted octanol–water partition coefficient (Wildman–Crippen LogP) is 2.73. The molecule has 0 saturated carbocycles. The number of amides is 1. The fourth-order valence-electron chi connectivity index (χ4n) is 1.70. The zero-order valence-electron chi connectivity index (χ0n) is 11.2. The van der Waals surface area contributed by atoms with Gasteiger partial charge in [-0.1, -0.05) is 44.0 Å². The number of carbonyl (C=O) groups excluding carboxylic acids is 1. The molecule has 0 aliphatic rings. The van der Waals surface area contributed by atoms with Gasteiger partial charge in [0, 0.05) is 6.54 Å². The summed E-state index contributed by atoms with van der Waals surface area (Å²) in [5.41, 5.74) is 5.88. The summed E-state index contributed by atoms with van der Waals surface area (Å²) < 4.78 is 0. The van der Waals surface area contributed by atoms with Crippen molar-refractivity contribution in [3.63, 3.8) is 0 Å². The minimum absolute atomic E-state index is 0.00214. The fourth-order valence-corrected chi connectivity index (χ4v) is 2.10. The number of hydrogen-bond donors (Lipinski definition) is 2. The average Bonchev–Trinajstić information content (AvgIpc) is 2.29. The summed E-state index contributed by atoms with van der Waals surface area (Å²) in [4.78, 5) is 19.7. The number of hydrogen-bond acceptors (Lipinski definition) is 4. The van der Waals surface area contributed by atoms with Crippen LogP contribution in [0.1, 0.15) is 27.2 Å². The molecular weight excluding hydrogens is 287 g/mol. The molecule has 106 valence electrons. The molecule has 0 saturated heterocycles. The van der Waals surface area contributed by atoms with Crippen LogP contribution in [-0.4, -0.2) is 22.4 Å². The molecule has 7 heteroatoms. The molecule has 5 nitrogen and oxygen atoms in total. The lowest BCUT2D eigenvalue weighted by Crippen LogP contribution is -2.32. The summed E-state index contributed by atoms with van der Waals surface area (Å²) in [5, 5.41) is 2.87. The third-order valence-corrected chi connectivity index (χ3v) is 3.09. The first-order valence-electron chi connectivity index (χ1n) is 5.91. The molecule has 1 heterocycles. The van der Waals surface area contributed by atoms with Crippen molar-refractivity contribution < 1.29 is 4.79 Å². The zero-order valence-corrected chi connectivity index (χ0v) is 12.7. The summed E-state index contributed by atoms with van der Waals surface area (Å²) in [6.07, 6.45) is 1.90. The molecule has 0 fully saturated rings. The van der Waals surface area contributed by atoms with E-state index in [4.69, 9.17) is 28.9 Å². The van der Waals surface area contributed by atoms with Crippen molar-refractivity contribution in [2.75, 3.05) is 11.9 Å². The lowest BCUT2D eigenvalue weighted by Gasteiger charge is -2.24. The van der Waals surface area contributed by atoms with Gasteiger partial charge in [0.05, 0.1) is 5.92 Å². The average molecular weight is 305 g/mol. The summed E-state index contributed by atoms with van der Waals surface area (Å²) in [5.74, 6) is -0.539. The highest BCUT2D eigenvalue weighted by Gasteiger charge is 2.25. The zero-order chi connectivity index (χ0) is 14.6. The second kappa shape index (κ2) is 6.50. The maximum absolute atomic E-state index is 12.2. The second-order valence-corrected chi connectivity index (χ2v) is 6.23. The van der Waals surface area contributed by atoms with Crippen LogP contribution in [0.4, 0.5) is 5.69 Å². The van der Waals surface area contributed by atoms with Crippen LogP contribution >= 0.6 is 23.2 Å². The van der Waals surface area contributed by atoms with Crippen LogP contribution in [0.5, 0.6) is 0 Å². The van der Waals surface area contributed by atoms with Crippen molar-refractivity contribution in [2.24, 2.45) is 17.1 Å². The quantitative estimate of drug-likeness (QED) is 0.838. The highest BCUT2D eigenvalue weighted by Crippen LogP contribution is 2.28. The summed E-state index contributed by atoms with van der Waals surface area (Å²) in [7, 11) is 0. The van der Waals surface area contributed by atoms with E-state index in [1.54, 1.807) is 0 Å². The minimum atomic E-state index is -0.313. The third-order valence-electron chi connectivity index (χ3n) is 2.52. The van der Waals surface area contributed by atoms with E-state index in [0.717, 1.165) is 0 Å². The van der Waals surface area contributed by atoms with Crippen LogP contribution in [0.2, 0.25) is 10.3 Å². The van der Waals surface area contributed by atoms with Crippen LogP contribution < -0.4 is 11.1 Å². The van der Waals surface area contributed by atoms with Crippen molar-refractivity contribution in [1.29, 1.82) is 0 Å². The Hall–Kier alpha value is -0.910. The normalized spacial score (nSPS) is 13.2. The first-order chi connectivity index (χ1) is 8.74. The first kappa shape index (κ1) is 16.1. The van der Waals surface area contributed by atoms with Crippen molar-refractivity contribution in [2.45, 2.75) is 27.2 Å². The molecule has 0 radical (unpaired) electrons. The molecule has 1 aromatic rings. The van der Waals surface area contributed by atoms with Gasteiger partial charge in [-0.05, 0) is 11.8 Å². The molecular formula is C12H18Cl2N4O. The summed E-state index contributed by atoms with van der Waals surface area (Å²) >= 11 is 11.7. The van der Waals surface area contributed by atoms with E-state index in [9.17, 15) is 4.79 Å². The predicted molar refractivity (Wildman–Crippen MR) is 77.3 cm³/mol. The highest BCUT2D eigenvalue weighted by molar-refractivity contribution is 6.38. The van der Waals surface area contributed by atoms with Gasteiger partial charge >= 0.3 is 0 Å². The van der Waals surface area contributed by atoms with E-state index in [-0.39, 0.29) is 39.8 Å². The fraction of sp³-hybridized carbons (Fsp3) is 0.583. The molecule has 0 aliphatic carbocycles. The van der Waals surface area contributed by atoms with Gasteiger partial charge in [-0.2, -0.15) is 0 Å². The van der Waals surface area contributed by atoms with Crippen molar-refractivity contribution in [3.8, 4) is 0 Å². The van der Waals surface area contributed by atoms with Gasteiger partial charge < -0.3 is 11.1 Å². The molecule has 1 rings (SSSR count). The molecule has 0 aromatic carbocycles. The number of carbonyl (C=O) groups is 1. The Bertz CT molecular complexity index is 439. The summed E-state index contributed by atoms with van der Waals surface area (Å²) in [6.45, 7) is 6.41. The monoisotopic (exact) mass is 304 g/mol. The second-order valence-electron chi connectivity index (χ2n) is 5.52. The molecule has 1 aromatic heterocycles. The van der Waals surface area contributed by atoms with E-state index in [2.05, 4.69) is 36.1 Å². The number of nitrogens with two attached hydrogens (primary N) is 1. The van der Waals surface area contributed by atoms with Gasteiger partial charge in [0.2, 0.25) is 5.91 Å². The van der Waals surface area contributed by atoms with E-state index in [1.165, 1.54) is 6.33 Å². The number of nitrogens with zero attached hydrogens (tertiary/aromatic N) is 2. The SMILES string of the molecule is CC(C)(C)CC(CN)C(=O)Nc1c(Cl)ncnc1Cl. The standard InChI is InChI=1S/C12H18Cl2N4O/c1-12(2,3)4-7(5-15)11(19)18-8-9(13)16-6-17-10(8)14/h6-7H,4-5,15H2,1-3H3,(H,18,19). The van der Waals surface area contributed by atoms with Crippen LogP contribution in [0.3, 0.4) is 0 Å². The van der Waals surface area contributed by atoms with E-state index in [0.29, 0.717) is 6.42 Å². The number of halogens is 2. The van der Waals surface area contributed by atoms with Crippen molar-refractivity contribution in [3.05, 3.63) is 16.6 Å². The summed E-state index contributed by atoms with van der Waals surface area (Å²) in [6, 6.07) is 0. The van der Waals surface area contributed by atoms with Crippen LogP contribution in [-0.2, 0) is 4.79 Å². The Morgan fingerprint density at radius 3 is 2.32 bits per heavy atom. The smallest absolute Gasteiger partial charge is 0.228 e. The van der Waals surface area contributed by atoms with Crippen LogP contribution in [0.15, 0.2) is 6.33 Å². The van der Waals surface area contributed by atoms with Crippen LogP contribution in [0.25, 0.3) is 0 Å². The Kier molecular flexibility index (Phi) is 5.52. The molecule has 0 bridgehead atoms. The number of aromatic nitrogens is 2. The largest absolute Gasteiger partial charge is 0.330 e. The Morgan fingerprint density at radius 1 is 1.37 bits per heavy atom. The van der Waals surface area contributed by atoms with Gasteiger partial charge in [-0.25, -0.2) is 9.97 Å². The van der Waals surface area contributed by atoms with E-state index >= 15 is 0 Å². The lowest BCUT2D eigenvalue weighted by atomic mass is 9.84. The van der Waals surface area contributed by atoms with Crippen molar-refractivity contribution >= 4 is 34.8 Å². The topological polar surface area (TPSA) is 80.9 Å². The highest BCUT2D eigenvalue weighted by atomic mass is 35.5. The maximum Gasteiger partial charge on any atom is 0.228 e. The molecule has 0 spiro atoms. The van der Waals surface area contributed by atoms with Crippen LogP contribution in [0, 0.1) is 11.3 Å². The lowest BCUT2D eigenvalue weighted by molar-refractivity contribution is -0.120. The minimum Gasteiger partial charge on any atom is -0.330 e. The molecule has 1 amide bonds. The van der Waals surface area contributed by atoms with Crippen molar-refractivity contribution in [1.82, 2.24) is 9.97 Å². The van der Waals surface area contributed by atoms with Gasteiger partial charge in [0.25, 0.3) is 0 Å². The molecule has 3 N–H and O–H groups in total. The molecule has 19 heavy (non-hydrogen) atoms. The van der Waals surface area contributed by atoms with Gasteiger partial charge in [-0.15, -0.1) is 0 Å². The molecule has 0 aliphatic heterocycles. The number of nitrogens with one attached hydrogen (secondary N) is 1. The number of anilines is 1. The molecule has 1 unspecified atom stereocenters. The maximum atomic E-state index is 12.2. The Balaban J connectivity index is 2.83. The Morgan fingerprint density at radius 2 is 1.89 bits per heavy atom. The third kappa shape index (κ3) is 4.93. The van der Waals surface area contributed by atoms with E-state index < -0.39 is 0 Å². The van der Waals surface area contributed by atoms with Gasteiger partial charge in [0.15, 0.2) is 10.3 Å². The van der Waals surface area contributed by atoms with Gasteiger partial charge in [0.1, 0.15) is 12.0 Å².